The van der Waals surface area contributed by atoms with Crippen LogP contribution < -0.4 is 5.32 Å². The Morgan fingerprint density at radius 1 is 1.62 bits per heavy atom. The van der Waals surface area contributed by atoms with Gasteiger partial charge >= 0.3 is 0 Å². The van der Waals surface area contributed by atoms with Gasteiger partial charge in [-0.15, -0.1) is 0 Å². The largest absolute Gasteiger partial charge is 0.381 e. The van der Waals surface area contributed by atoms with E-state index in [2.05, 4.69) is 17.2 Å². The minimum atomic E-state index is 0.364. The summed E-state index contributed by atoms with van der Waals surface area (Å²) in [6.45, 7) is 5.89. The zero-order valence-corrected chi connectivity index (χ0v) is 10.4. The van der Waals surface area contributed by atoms with Crippen LogP contribution in [0.2, 0.25) is 5.15 Å². The second-order valence-electron chi connectivity index (χ2n) is 4.41. The predicted octanol–water partition coefficient (Wildman–Crippen LogP) is 2.88. The van der Waals surface area contributed by atoms with Gasteiger partial charge in [0.1, 0.15) is 0 Å². The Morgan fingerprint density at radius 2 is 2.44 bits per heavy atom. The molecule has 0 spiro atoms. The summed E-state index contributed by atoms with van der Waals surface area (Å²) in [5.41, 5.74) is 2.03. The molecule has 88 valence electrons. The van der Waals surface area contributed by atoms with Crippen molar-refractivity contribution >= 4 is 17.3 Å². The molecule has 2 atom stereocenters. The first kappa shape index (κ1) is 11.7. The Kier molecular flexibility index (Phi) is 3.66. The summed E-state index contributed by atoms with van der Waals surface area (Å²) in [5, 5.41) is 3.96. The molecular formula is C12H17ClN2O. The third-order valence-electron chi connectivity index (χ3n) is 3.03. The van der Waals surface area contributed by atoms with E-state index in [9.17, 15) is 0 Å². The summed E-state index contributed by atoms with van der Waals surface area (Å²) < 4.78 is 5.38. The number of ether oxygens (including phenoxy) is 1. The lowest BCUT2D eigenvalue weighted by Gasteiger charge is -2.21. The van der Waals surface area contributed by atoms with Crippen molar-refractivity contribution in [2.24, 2.45) is 5.92 Å². The highest BCUT2D eigenvalue weighted by Crippen LogP contribution is 2.24. The third-order valence-corrected chi connectivity index (χ3v) is 3.33. The number of aromatic nitrogens is 1. The zero-order chi connectivity index (χ0) is 11.5. The minimum absolute atomic E-state index is 0.364. The fourth-order valence-electron chi connectivity index (χ4n) is 1.96. The highest BCUT2D eigenvalue weighted by molar-refractivity contribution is 6.31. The summed E-state index contributed by atoms with van der Waals surface area (Å²) in [7, 11) is 0. The SMILES string of the molecule is Cc1cnc(Cl)c(NC(C)C2CCOC2)c1. The highest BCUT2D eigenvalue weighted by atomic mass is 35.5. The molecule has 0 amide bonds. The molecule has 2 rings (SSSR count). The Hall–Kier alpha value is -0.800. The minimum Gasteiger partial charge on any atom is -0.381 e. The van der Waals surface area contributed by atoms with Crippen molar-refractivity contribution < 1.29 is 4.74 Å². The molecular weight excluding hydrogens is 224 g/mol. The van der Waals surface area contributed by atoms with Crippen LogP contribution in [0.1, 0.15) is 18.9 Å². The number of rotatable bonds is 3. The Labute approximate surface area is 101 Å². The summed E-state index contributed by atoms with van der Waals surface area (Å²) in [6, 6.07) is 2.39. The van der Waals surface area contributed by atoms with Gasteiger partial charge in [-0.2, -0.15) is 0 Å². The molecule has 0 radical (unpaired) electrons. The number of nitrogens with zero attached hydrogens (tertiary/aromatic N) is 1. The van der Waals surface area contributed by atoms with Crippen LogP contribution in [-0.4, -0.2) is 24.2 Å². The maximum atomic E-state index is 6.04. The molecule has 16 heavy (non-hydrogen) atoms. The standard InChI is InChI=1S/C12H17ClN2O/c1-8-5-11(12(13)14-6-8)15-9(2)10-3-4-16-7-10/h5-6,9-10,15H,3-4,7H2,1-2H3. The molecule has 3 nitrogen and oxygen atoms in total. The molecule has 1 fully saturated rings. The molecule has 1 N–H and O–H groups in total. The average Bonchev–Trinajstić information content (AvgIpc) is 2.76. The van der Waals surface area contributed by atoms with Gasteiger partial charge in [0.15, 0.2) is 5.15 Å². The maximum Gasteiger partial charge on any atom is 0.152 e. The molecule has 1 aliphatic heterocycles. The second-order valence-corrected chi connectivity index (χ2v) is 4.77. The van der Waals surface area contributed by atoms with Crippen LogP contribution in [-0.2, 0) is 4.74 Å². The van der Waals surface area contributed by atoms with E-state index in [0.29, 0.717) is 17.1 Å². The second kappa shape index (κ2) is 5.02. The van der Waals surface area contributed by atoms with Gasteiger partial charge in [0, 0.05) is 24.8 Å². The first-order valence-electron chi connectivity index (χ1n) is 5.63. The van der Waals surface area contributed by atoms with Crippen molar-refractivity contribution in [1.82, 2.24) is 4.98 Å². The van der Waals surface area contributed by atoms with E-state index < -0.39 is 0 Å². The quantitative estimate of drug-likeness (QED) is 0.825. The van der Waals surface area contributed by atoms with E-state index in [1.54, 1.807) is 6.20 Å². The van der Waals surface area contributed by atoms with Crippen LogP contribution in [0.15, 0.2) is 12.3 Å². The van der Waals surface area contributed by atoms with Gasteiger partial charge in [0.05, 0.1) is 12.3 Å². The highest BCUT2D eigenvalue weighted by Gasteiger charge is 2.22. The molecule has 1 aromatic heterocycles. The number of anilines is 1. The summed E-state index contributed by atoms with van der Waals surface area (Å²) in [4.78, 5) is 4.13. The molecule has 1 saturated heterocycles. The fourth-order valence-corrected chi connectivity index (χ4v) is 2.12. The van der Waals surface area contributed by atoms with Crippen molar-refractivity contribution in [2.45, 2.75) is 26.3 Å². The van der Waals surface area contributed by atoms with Crippen LogP contribution in [0.4, 0.5) is 5.69 Å². The molecule has 0 bridgehead atoms. The smallest absolute Gasteiger partial charge is 0.152 e. The lowest BCUT2D eigenvalue weighted by Crippen LogP contribution is -2.26. The van der Waals surface area contributed by atoms with Crippen LogP contribution in [0, 0.1) is 12.8 Å². The molecule has 0 aromatic carbocycles. The average molecular weight is 241 g/mol. The van der Waals surface area contributed by atoms with E-state index in [-0.39, 0.29) is 0 Å². The van der Waals surface area contributed by atoms with Crippen molar-refractivity contribution in [2.75, 3.05) is 18.5 Å². The van der Waals surface area contributed by atoms with Crippen molar-refractivity contribution in [3.05, 3.63) is 23.0 Å². The predicted molar refractivity (Wildman–Crippen MR) is 66.0 cm³/mol. The number of halogens is 1. The first-order valence-corrected chi connectivity index (χ1v) is 6.01. The van der Waals surface area contributed by atoms with Crippen molar-refractivity contribution in [3.8, 4) is 0 Å². The topological polar surface area (TPSA) is 34.2 Å². The van der Waals surface area contributed by atoms with Gasteiger partial charge in [0.25, 0.3) is 0 Å². The number of hydrogen-bond acceptors (Lipinski definition) is 3. The van der Waals surface area contributed by atoms with Crippen LogP contribution in [0.3, 0.4) is 0 Å². The zero-order valence-electron chi connectivity index (χ0n) is 9.66. The van der Waals surface area contributed by atoms with Gasteiger partial charge < -0.3 is 10.1 Å². The molecule has 2 heterocycles. The van der Waals surface area contributed by atoms with E-state index in [1.807, 2.05) is 13.0 Å². The normalized spacial score (nSPS) is 22.1. The maximum absolute atomic E-state index is 6.04. The molecule has 1 aromatic rings. The number of hydrogen-bond donors (Lipinski definition) is 1. The van der Waals surface area contributed by atoms with E-state index >= 15 is 0 Å². The first-order chi connectivity index (χ1) is 7.66. The van der Waals surface area contributed by atoms with Crippen molar-refractivity contribution in [1.29, 1.82) is 0 Å². The molecule has 2 unspecified atom stereocenters. The van der Waals surface area contributed by atoms with Crippen LogP contribution in [0.25, 0.3) is 0 Å². The van der Waals surface area contributed by atoms with Gasteiger partial charge in [-0.05, 0) is 31.9 Å². The van der Waals surface area contributed by atoms with E-state index in [0.717, 1.165) is 30.9 Å². The lowest BCUT2D eigenvalue weighted by molar-refractivity contribution is 0.183. The van der Waals surface area contributed by atoms with Gasteiger partial charge in [0.2, 0.25) is 0 Å². The van der Waals surface area contributed by atoms with E-state index in [4.69, 9.17) is 16.3 Å². The van der Waals surface area contributed by atoms with Crippen LogP contribution in [0.5, 0.6) is 0 Å². The number of nitrogens with one attached hydrogen (secondary N) is 1. The molecule has 1 aliphatic rings. The molecule has 0 aliphatic carbocycles. The summed E-state index contributed by atoms with van der Waals surface area (Å²) in [5.74, 6) is 0.566. The lowest BCUT2D eigenvalue weighted by atomic mass is 10.0. The van der Waals surface area contributed by atoms with Crippen LogP contribution >= 0.6 is 11.6 Å². The monoisotopic (exact) mass is 240 g/mol. The van der Waals surface area contributed by atoms with Crippen molar-refractivity contribution in [3.63, 3.8) is 0 Å². The molecule has 4 heteroatoms. The Balaban J connectivity index is 2.04. The molecule has 0 saturated carbocycles. The summed E-state index contributed by atoms with van der Waals surface area (Å²) in [6.07, 6.45) is 2.89. The number of pyridine rings is 1. The third kappa shape index (κ3) is 2.66. The van der Waals surface area contributed by atoms with Gasteiger partial charge in [-0.3, -0.25) is 0 Å². The van der Waals surface area contributed by atoms with Gasteiger partial charge in [-0.1, -0.05) is 11.6 Å². The number of aryl methyl sites for hydroxylation is 1. The van der Waals surface area contributed by atoms with E-state index in [1.165, 1.54) is 0 Å². The Morgan fingerprint density at radius 3 is 3.12 bits per heavy atom. The summed E-state index contributed by atoms with van der Waals surface area (Å²) >= 11 is 6.04. The fraction of sp³-hybridized carbons (Fsp3) is 0.583. The van der Waals surface area contributed by atoms with Gasteiger partial charge in [-0.25, -0.2) is 4.98 Å². The Bertz CT molecular complexity index is 364.